The molecule has 0 aliphatic carbocycles. The molecule has 6 nitrogen and oxygen atoms in total. The highest BCUT2D eigenvalue weighted by Gasteiger charge is 2.30. The van der Waals surface area contributed by atoms with E-state index >= 15 is 0 Å². The summed E-state index contributed by atoms with van der Waals surface area (Å²) in [6, 6.07) is 5.87. The lowest BCUT2D eigenvalue weighted by Gasteiger charge is -2.29. The third-order valence-corrected chi connectivity index (χ3v) is 4.16. The summed E-state index contributed by atoms with van der Waals surface area (Å²) in [5, 5.41) is 2.50. The average molecular weight is 314 g/mol. The molecule has 1 N–H and O–H groups in total. The van der Waals surface area contributed by atoms with Crippen molar-refractivity contribution in [2.24, 2.45) is 0 Å². The number of carbonyl (C=O) groups is 1. The van der Waals surface area contributed by atoms with E-state index in [4.69, 9.17) is 4.74 Å². The van der Waals surface area contributed by atoms with Crippen molar-refractivity contribution in [3.63, 3.8) is 0 Å². The van der Waals surface area contributed by atoms with Crippen molar-refractivity contribution >= 4 is 21.6 Å². The number of benzene rings is 1. The fraction of sp³-hybridized carbons (Fsp3) is 0.500. The van der Waals surface area contributed by atoms with Gasteiger partial charge in [-0.2, -0.15) is 0 Å². The van der Waals surface area contributed by atoms with E-state index in [-0.39, 0.29) is 5.91 Å². The second-order valence-electron chi connectivity index (χ2n) is 4.52. The number of likely N-dealkylation sites (N-methyl/N-ethyl adjacent to an activating group) is 1. The lowest BCUT2D eigenvalue weighted by atomic mass is 10.2. The molecule has 0 spiro atoms. The van der Waals surface area contributed by atoms with Gasteiger partial charge in [-0.1, -0.05) is 6.92 Å². The second-order valence-corrected chi connectivity index (χ2v) is 6.38. The van der Waals surface area contributed by atoms with Gasteiger partial charge in [0.05, 0.1) is 18.6 Å². The first kappa shape index (κ1) is 17.3. The van der Waals surface area contributed by atoms with Crippen LogP contribution in [0.3, 0.4) is 0 Å². The molecular weight excluding hydrogens is 292 g/mol. The van der Waals surface area contributed by atoms with Crippen LogP contribution < -0.4 is 14.4 Å². The van der Waals surface area contributed by atoms with Gasteiger partial charge in [0.15, 0.2) is 0 Å². The lowest BCUT2D eigenvalue weighted by molar-refractivity contribution is -0.121. The molecule has 0 bridgehead atoms. The number of anilines is 1. The Hall–Kier alpha value is -1.76. The number of hydrogen-bond acceptors (Lipinski definition) is 4. The predicted octanol–water partition coefficient (Wildman–Crippen LogP) is 1.38. The molecule has 0 saturated carbocycles. The minimum atomic E-state index is -3.58. The van der Waals surface area contributed by atoms with Gasteiger partial charge in [-0.3, -0.25) is 9.10 Å². The summed E-state index contributed by atoms with van der Waals surface area (Å²) in [6.07, 6.45) is 1.47. The fourth-order valence-electron chi connectivity index (χ4n) is 2.08. The molecule has 1 unspecified atom stereocenters. The van der Waals surface area contributed by atoms with Crippen LogP contribution in [0.2, 0.25) is 0 Å². The van der Waals surface area contributed by atoms with Crippen molar-refractivity contribution in [2.75, 3.05) is 24.2 Å². The third kappa shape index (κ3) is 4.35. The van der Waals surface area contributed by atoms with Crippen molar-refractivity contribution in [3.05, 3.63) is 24.3 Å². The van der Waals surface area contributed by atoms with Crippen LogP contribution in [-0.4, -0.2) is 40.3 Å². The molecule has 0 radical (unpaired) electrons. The highest BCUT2D eigenvalue weighted by Crippen LogP contribution is 2.25. The normalized spacial score (nSPS) is 12.6. The van der Waals surface area contributed by atoms with Gasteiger partial charge in [-0.05, 0) is 37.6 Å². The first-order chi connectivity index (χ1) is 9.85. The zero-order valence-corrected chi connectivity index (χ0v) is 13.6. The van der Waals surface area contributed by atoms with E-state index in [0.29, 0.717) is 24.5 Å². The first-order valence-corrected chi connectivity index (χ1v) is 8.63. The van der Waals surface area contributed by atoms with E-state index in [0.717, 1.165) is 10.6 Å². The molecule has 1 amide bonds. The lowest BCUT2D eigenvalue weighted by Crippen LogP contribution is -2.48. The van der Waals surface area contributed by atoms with Gasteiger partial charge >= 0.3 is 0 Å². The Morgan fingerprint density at radius 3 is 2.24 bits per heavy atom. The Balaban J connectivity index is 3.22. The number of rotatable bonds is 7. The van der Waals surface area contributed by atoms with E-state index in [2.05, 4.69) is 5.32 Å². The molecule has 1 aromatic rings. The highest BCUT2D eigenvalue weighted by molar-refractivity contribution is 7.92. The zero-order chi connectivity index (χ0) is 16.0. The van der Waals surface area contributed by atoms with Crippen molar-refractivity contribution in [1.29, 1.82) is 0 Å². The summed E-state index contributed by atoms with van der Waals surface area (Å²) in [6.45, 7) is 4.17. The van der Waals surface area contributed by atoms with E-state index in [1.807, 2.05) is 6.92 Å². The Bertz CT molecular complexity index is 569. The molecule has 0 aliphatic heterocycles. The van der Waals surface area contributed by atoms with E-state index < -0.39 is 16.1 Å². The number of carbonyl (C=O) groups excluding carboxylic acids is 1. The molecule has 7 heteroatoms. The van der Waals surface area contributed by atoms with Crippen LogP contribution in [0.1, 0.15) is 20.3 Å². The first-order valence-electron chi connectivity index (χ1n) is 6.79. The van der Waals surface area contributed by atoms with Gasteiger partial charge in [0.2, 0.25) is 15.9 Å². The zero-order valence-electron chi connectivity index (χ0n) is 12.8. The van der Waals surface area contributed by atoms with Gasteiger partial charge < -0.3 is 10.1 Å². The van der Waals surface area contributed by atoms with E-state index in [9.17, 15) is 13.2 Å². The molecular formula is C14H22N2O4S. The third-order valence-electron chi connectivity index (χ3n) is 2.98. The van der Waals surface area contributed by atoms with Gasteiger partial charge in [0.25, 0.3) is 0 Å². The van der Waals surface area contributed by atoms with Crippen LogP contribution in [0.25, 0.3) is 0 Å². The fourth-order valence-corrected chi connectivity index (χ4v) is 3.29. The summed E-state index contributed by atoms with van der Waals surface area (Å²) in [5.74, 6) is 0.319. The Labute approximate surface area is 126 Å². The molecule has 0 aliphatic rings. The van der Waals surface area contributed by atoms with Crippen LogP contribution in [0.4, 0.5) is 5.69 Å². The number of sulfonamides is 1. The minimum Gasteiger partial charge on any atom is -0.494 e. The van der Waals surface area contributed by atoms with Gasteiger partial charge in [-0.15, -0.1) is 0 Å². The van der Waals surface area contributed by atoms with E-state index in [1.54, 1.807) is 31.2 Å². The average Bonchev–Trinajstić information content (AvgIpc) is 2.44. The monoisotopic (exact) mass is 314 g/mol. The number of ether oxygens (including phenoxy) is 1. The van der Waals surface area contributed by atoms with E-state index in [1.165, 1.54) is 7.05 Å². The molecule has 0 saturated heterocycles. The summed E-state index contributed by atoms with van der Waals surface area (Å²) < 4.78 is 30.6. The SMILES string of the molecule is CCOc1ccc(N(C(CC)C(=O)NC)S(C)(=O)=O)cc1. The largest absolute Gasteiger partial charge is 0.494 e. The molecule has 0 aromatic heterocycles. The number of nitrogens with one attached hydrogen (secondary N) is 1. The van der Waals surface area contributed by atoms with Crippen LogP contribution in [-0.2, 0) is 14.8 Å². The van der Waals surface area contributed by atoms with Crippen molar-refractivity contribution in [1.82, 2.24) is 5.32 Å². The Morgan fingerprint density at radius 1 is 1.29 bits per heavy atom. The maximum atomic E-state index is 12.1. The maximum Gasteiger partial charge on any atom is 0.243 e. The molecule has 1 atom stereocenters. The van der Waals surface area contributed by atoms with Crippen molar-refractivity contribution in [2.45, 2.75) is 26.3 Å². The number of amides is 1. The predicted molar refractivity (Wildman–Crippen MR) is 83.1 cm³/mol. The Morgan fingerprint density at radius 2 is 1.86 bits per heavy atom. The van der Waals surface area contributed by atoms with Gasteiger partial charge in [0, 0.05) is 7.05 Å². The summed E-state index contributed by atoms with van der Waals surface area (Å²) in [4.78, 5) is 11.9. The van der Waals surface area contributed by atoms with Crippen molar-refractivity contribution < 1.29 is 17.9 Å². The summed E-state index contributed by atoms with van der Waals surface area (Å²) in [7, 11) is -2.09. The van der Waals surface area contributed by atoms with Crippen LogP contribution in [0.15, 0.2) is 24.3 Å². The molecule has 0 fully saturated rings. The maximum absolute atomic E-state index is 12.1. The number of nitrogens with zero attached hydrogens (tertiary/aromatic N) is 1. The highest BCUT2D eigenvalue weighted by atomic mass is 32.2. The smallest absolute Gasteiger partial charge is 0.243 e. The second kappa shape index (κ2) is 7.31. The molecule has 1 aromatic carbocycles. The van der Waals surface area contributed by atoms with Crippen LogP contribution in [0, 0.1) is 0 Å². The van der Waals surface area contributed by atoms with Gasteiger partial charge in [-0.25, -0.2) is 8.42 Å². The number of hydrogen-bond donors (Lipinski definition) is 1. The molecule has 0 heterocycles. The molecule has 21 heavy (non-hydrogen) atoms. The summed E-state index contributed by atoms with van der Waals surface area (Å²) in [5.41, 5.74) is 0.441. The molecule has 118 valence electrons. The standard InChI is InChI=1S/C14H22N2O4S/c1-5-13(14(17)15-3)16(21(4,18)19)11-7-9-12(10-8-11)20-6-2/h7-10,13H,5-6H2,1-4H3,(H,15,17). The minimum absolute atomic E-state index is 0.336. The Kier molecular flexibility index (Phi) is 6.02. The van der Waals surface area contributed by atoms with Crippen LogP contribution >= 0.6 is 0 Å². The molecule has 1 rings (SSSR count). The quantitative estimate of drug-likeness (QED) is 0.825. The topological polar surface area (TPSA) is 75.7 Å². The van der Waals surface area contributed by atoms with Crippen LogP contribution in [0.5, 0.6) is 5.75 Å². The summed E-state index contributed by atoms with van der Waals surface area (Å²) >= 11 is 0. The van der Waals surface area contributed by atoms with Crippen molar-refractivity contribution in [3.8, 4) is 5.75 Å². The van der Waals surface area contributed by atoms with Gasteiger partial charge in [0.1, 0.15) is 11.8 Å².